The molecule has 13 heteroatoms. The Morgan fingerprint density at radius 2 is 1.88 bits per heavy atom. The summed E-state index contributed by atoms with van der Waals surface area (Å²) in [7, 11) is -2.16. The molecule has 1 fully saturated rings. The summed E-state index contributed by atoms with van der Waals surface area (Å²) >= 11 is 6.39. The van der Waals surface area contributed by atoms with Gasteiger partial charge >= 0.3 is 0 Å². The third-order valence-corrected chi connectivity index (χ3v) is 13.9. The maximum atomic E-state index is 13.6. The van der Waals surface area contributed by atoms with Gasteiger partial charge in [0.2, 0.25) is 10.0 Å². The summed E-state index contributed by atoms with van der Waals surface area (Å²) in [5.41, 5.74) is 4.75. The number of amides is 1. The molecule has 3 aliphatic heterocycles. The minimum absolute atomic E-state index is 0.224. The number of halogens is 1. The second kappa shape index (κ2) is 14.9. The van der Waals surface area contributed by atoms with Crippen LogP contribution in [0.3, 0.4) is 0 Å². The average Bonchev–Trinajstić information content (AvgIpc) is 3.56. The van der Waals surface area contributed by atoms with Crippen LogP contribution in [0.25, 0.3) is 0 Å². The van der Waals surface area contributed by atoms with Crippen LogP contribution < -0.4 is 14.4 Å². The molecule has 1 saturated carbocycles. The third-order valence-electron chi connectivity index (χ3n) is 11.8. The lowest BCUT2D eigenvalue weighted by Crippen LogP contribution is -2.56. The standard InChI is InChI=1S/C38H49ClN6O5S/c1-25-7-6-16-38(49-3,24-44-18-15-33-34(22-44)41-43-40-33)32-13-10-29(32)21-45-17-5-4-8-27-19-31(39)12-9-30(27)23-50-36-14-11-28(20-35(36)45)37(46)42-51(47,48)26(25)2/h6,9,11-12,14,16,19-20,25-26,29,32H,4-5,7-8,10,13,15,17-18,21-24H2,1-3H3,(H,42,46)(H,40,41,43)/b16-6+/t25-,26+,29-,32+,38?/m0/s1. The van der Waals surface area contributed by atoms with Crippen molar-refractivity contribution in [3.63, 3.8) is 0 Å². The smallest absolute Gasteiger partial charge is 0.264 e. The van der Waals surface area contributed by atoms with Gasteiger partial charge in [-0.15, -0.1) is 0 Å². The van der Waals surface area contributed by atoms with Crippen LogP contribution in [0.5, 0.6) is 5.75 Å². The summed E-state index contributed by atoms with van der Waals surface area (Å²) in [5.74, 6) is 0.324. The third kappa shape index (κ3) is 7.56. The van der Waals surface area contributed by atoms with Crippen LogP contribution in [0.1, 0.15) is 78.8 Å². The SMILES string of the molecule is COC1(CN2CCc3n[nH]nc3C2)/C=C/C[C@H](C)[C@@H](C)S(=O)(=O)NC(=O)c2ccc3c(c2)N(CCCCc2cc(Cl)ccc2CO3)C[C@@H]2CC[C@H]21. The van der Waals surface area contributed by atoms with Crippen molar-refractivity contribution < 1.29 is 22.7 Å². The monoisotopic (exact) mass is 736 g/mol. The molecule has 1 amide bonds. The number of aromatic amines is 1. The lowest BCUT2D eigenvalue weighted by atomic mass is 9.63. The maximum absolute atomic E-state index is 13.6. The number of carbonyl (C=O) groups is 1. The van der Waals surface area contributed by atoms with Crippen LogP contribution in [0.15, 0.2) is 48.6 Å². The summed E-state index contributed by atoms with van der Waals surface area (Å²) in [6.07, 6.45) is 10.5. The number of methoxy groups -OCH3 is 1. The summed E-state index contributed by atoms with van der Waals surface area (Å²) in [4.78, 5) is 18.3. The van der Waals surface area contributed by atoms with Crippen molar-refractivity contribution in [1.82, 2.24) is 25.0 Å². The molecule has 5 atom stereocenters. The molecule has 3 aromatic rings. The number of nitrogens with one attached hydrogen (secondary N) is 2. The van der Waals surface area contributed by atoms with Crippen molar-refractivity contribution in [1.29, 1.82) is 0 Å². The zero-order valence-corrected chi connectivity index (χ0v) is 31.3. The van der Waals surface area contributed by atoms with Crippen molar-refractivity contribution in [3.8, 4) is 5.75 Å². The molecule has 0 saturated heterocycles. The molecule has 51 heavy (non-hydrogen) atoms. The van der Waals surface area contributed by atoms with E-state index >= 15 is 0 Å². The zero-order chi connectivity index (χ0) is 35.8. The average molecular weight is 737 g/mol. The van der Waals surface area contributed by atoms with Gasteiger partial charge in [0.25, 0.3) is 5.91 Å². The van der Waals surface area contributed by atoms with E-state index in [1.165, 1.54) is 5.56 Å². The van der Waals surface area contributed by atoms with Crippen molar-refractivity contribution in [3.05, 3.63) is 81.7 Å². The van der Waals surface area contributed by atoms with Gasteiger partial charge in [0.15, 0.2) is 0 Å². The van der Waals surface area contributed by atoms with Crippen molar-refractivity contribution in [2.75, 3.05) is 38.2 Å². The number of hydrogen-bond donors (Lipinski definition) is 2. The topological polar surface area (TPSA) is 130 Å². The molecule has 1 aromatic heterocycles. The van der Waals surface area contributed by atoms with Crippen LogP contribution in [-0.4, -0.2) is 78.8 Å². The number of H-pyrrole nitrogens is 1. The summed E-state index contributed by atoms with van der Waals surface area (Å²) in [6.45, 7) is 7.69. The number of rotatable bonds is 3. The number of allylic oxidation sites excluding steroid dienone is 1. The summed E-state index contributed by atoms with van der Waals surface area (Å²) < 4.78 is 42.6. The molecule has 274 valence electrons. The first-order chi connectivity index (χ1) is 24.5. The van der Waals surface area contributed by atoms with Crippen LogP contribution in [0.4, 0.5) is 5.69 Å². The highest BCUT2D eigenvalue weighted by Gasteiger charge is 2.48. The number of benzene rings is 2. The quantitative estimate of drug-likeness (QED) is 0.326. The van der Waals surface area contributed by atoms with E-state index in [0.717, 1.165) is 80.8 Å². The first-order valence-electron chi connectivity index (χ1n) is 18.2. The lowest BCUT2D eigenvalue weighted by Gasteiger charge is -2.51. The Bertz CT molecular complexity index is 1880. The number of fused-ring (bicyclic) bond motifs is 4. The molecule has 0 radical (unpaired) electrons. The number of anilines is 1. The van der Waals surface area contributed by atoms with Gasteiger partial charge in [-0.05, 0) is 105 Å². The van der Waals surface area contributed by atoms with Crippen molar-refractivity contribution in [2.24, 2.45) is 17.8 Å². The van der Waals surface area contributed by atoms with Gasteiger partial charge in [0, 0.05) is 56.8 Å². The van der Waals surface area contributed by atoms with Crippen LogP contribution in [0, 0.1) is 17.8 Å². The van der Waals surface area contributed by atoms with E-state index in [1.807, 2.05) is 38.3 Å². The fraction of sp³-hybridized carbons (Fsp3) is 0.553. The second-order valence-electron chi connectivity index (χ2n) is 14.9. The highest BCUT2D eigenvalue weighted by atomic mass is 35.5. The van der Waals surface area contributed by atoms with Crippen molar-refractivity contribution >= 4 is 33.2 Å². The van der Waals surface area contributed by atoms with Crippen molar-refractivity contribution in [2.45, 2.75) is 82.8 Å². The normalized spacial score (nSPS) is 29.2. The van der Waals surface area contributed by atoms with Crippen LogP contribution in [0.2, 0.25) is 5.02 Å². The van der Waals surface area contributed by atoms with Crippen LogP contribution in [-0.2, 0) is 40.8 Å². The Morgan fingerprint density at radius 1 is 1.04 bits per heavy atom. The maximum Gasteiger partial charge on any atom is 0.264 e. The van der Waals surface area contributed by atoms with E-state index in [0.29, 0.717) is 42.8 Å². The Morgan fingerprint density at radius 3 is 2.69 bits per heavy atom. The Labute approximate surface area is 306 Å². The van der Waals surface area contributed by atoms with Gasteiger partial charge in [0.1, 0.15) is 18.0 Å². The first kappa shape index (κ1) is 35.9. The lowest BCUT2D eigenvalue weighted by molar-refractivity contribution is -0.0932. The second-order valence-corrected chi connectivity index (χ2v) is 17.3. The molecule has 4 heterocycles. The summed E-state index contributed by atoms with van der Waals surface area (Å²) in [6, 6.07) is 11.2. The van der Waals surface area contributed by atoms with E-state index in [9.17, 15) is 13.2 Å². The van der Waals surface area contributed by atoms with Gasteiger partial charge in [0.05, 0.1) is 22.3 Å². The molecule has 2 N–H and O–H groups in total. The molecular weight excluding hydrogens is 688 g/mol. The fourth-order valence-electron chi connectivity index (χ4n) is 8.27. The van der Waals surface area contributed by atoms with Gasteiger partial charge in [-0.1, -0.05) is 36.7 Å². The number of aryl methyl sites for hydroxylation is 1. The van der Waals surface area contributed by atoms with Gasteiger partial charge in [-0.3, -0.25) is 9.69 Å². The predicted molar refractivity (Wildman–Crippen MR) is 197 cm³/mol. The van der Waals surface area contributed by atoms with Gasteiger partial charge < -0.3 is 14.4 Å². The molecule has 1 aliphatic carbocycles. The zero-order valence-electron chi connectivity index (χ0n) is 29.7. The fourth-order valence-corrected chi connectivity index (χ4v) is 9.75. The minimum atomic E-state index is -3.97. The number of nitrogens with zero attached hydrogens (tertiary/aromatic N) is 4. The molecular formula is C38H49ClN6O5S. The Kier molecular flexibility index (Phi) is 10.5. The summed E-state index contributed by atoms with van der Waals surface area (Å²) in [5, 5.41) is 11.4. The number of hydrogen-bond acceptors (Lipinski definition) is 9. The molecule has 0 spiro atoms. The molecule has 4 aliphatic rings. The molecule has 2 bridgehead atoms. The number of ether oxygens (including phenoxy) is 2. The number of sulfonamides is 1. The largest absolute Gasteiger partial charge is 0.487 e. The van der Waals surface area contributed by atoms with E-state index in [1.54, 1.807) is 19.1 Å². The minimum Gasteiger partial charge on any atom is -0.487 e. The van der Waals surface area contributed by atoms with Gasteiger partial charge in [-0.2, -0.15) is 15.4 Å². The highest BCUT2D eigenvalue weighted by Crippen LogP contribution is 2.47. The van der Waals surface area contributed by atoms with E-state index < -0.39 is 26.8 Å². The first-order valence-corrected chi connectivity index (χ1v) is 20.2. The molecule has 7 rings (SSSR count). The Balaban J connectivity index is 1.27. The van der Waals surface area contributed by atoms with Crippen LogP contribution >= 0.6 is 11.6 Å². The predicted octanol–water partition coefficient (Wildman–Crippen LogP) is 5.69. The van der Waals surface area contributed by atoms with Gasteiger partial charge in [-0.25, -0.2) is 13.1 Å². The van der Waals surface area contributed by atoms with E-state index in [-0.39, 0.29) is 17.4 Å². The Hall–Kier alpha value is -3.45. The van der Waals surface area contributed by atoms with E-state index in [2.05, 4.69) is 42.1 Å². The molecule has 11 nitrogen and oxygen atoms in total. The highest BCUT2D eigenvalue weighted by molar-refractivity contribution is 7.90. The number of carbonyl (C=O) groups excluding carboxylic acids is 1. The number of aromatic nitrogens is 3. The molecule has 2 aromatic carbocycles. The molecule has 1 unspecified atom stereocenters. The van der Waals surface area contributed by atoms with E-state index in [4.69, 9.17) is 21.1 Å².